The average Bonchev–Trinajstić information content (AvgIpc) is 2.93. The summed E-state index contributed by atoms with van der Waals surface area (Å²) in [4.78, 5) is 55.6. The topological polar surface area (TPSA) is 206 Å². The minimum atomic E-state index is -2.74. The van der Waals surface area contributed by atoms with Crippen molar-refractivity contribution in [1.82, 2.24) is 4.90 Å². The Morgan fingerprint density at radius 2 is 1.66 bits per heavy atom. The summed E-state index contributed by atoms with van der Waals surface area (Å²) >= 11 is 0. The molecule has 2 aromatic rings. The van der Waals surface area contributed by atoms with Gasteiger partial charge in [-0.25, -0.2) is 4.79 Å². The summed E-state index contributed by atoms with van der Waals surface area (Å²) in [5.74, 6) is -7.46. The Kier molecular flexibility index (Phi) is 7.42. The first-order valence-corrected chi connectivity index (χ1v) is 13.9. The van der Waals surface area contributed by atoms with Crippen LogP contribution >= 0.6 is 0 Å². The lowest BCUT2D eigenvalue weighted by Gasteiger charge is -2.50. The molecule has 0 aliphatic heterocycles. The number of fused-ring (bicyclic) bond motifs is 3. The van der Waals surface area contributed by atoms with Crippen molar-refractivity contribution in [3.63, 3.8) is 0 Å². The van der Waals surface area contributed by atoms with Crippen LogP contribution in [0, 0.1) is 18.8 Å². The molecule has 0 radical (unpaired) electrons. The Balaban J connectivity index is 1.63. The second-order valence-corrected chi connectivity index (χ2v) is 11.9. The number of nitrogens with zero attached hydrogens (tertiary/aromatic N) is 2. The maximum Gasteiger partial charge on any atom is 0.323 e. The van der Waals surface area contributed by atoms with Gasteiger partial charge in [-0.1, -0.05) is 17.7 Å². The first-order chi connectivity index (χ1) is 20.6. The van der Waals surface area contributed by atoms with E-state index in [1.807, 2.05) is 19.1 Å². The highest BCUT2D eigenvalue weighted by Gasteiger charge is 2.64. The van der Waals surface area contributed by atoms with Crippen LogP contribution in [-0.2, 0) is 20.8 Å². The van der Waals surface area contributed by atoms with E-state index in [9.17, 15) is 39.6 Å². The zero-order valence-electron chi connectivity index (χ0n) is 24.9. The predicted molar refractivity (Wildman–Crippen MR) is 162 cm³/mol. The van der Waals surface area contributed by atoms with Crippen molar-refractivity contribution in [2.24, 2.45) is 17.6 Å². The number of amides is 3. The number of hydrogen-bond acceptors (Lipinski definition) is 10. The third-order valence-electron chi connectivity index (χ3n) is 8.74. The quantitative estimate of drug-likeness (QED) is 0.195. The molecule has 3 aliphatic rings. The fourth-order valence-electron chi connectivity index (χ4n) is 6.71. The number of urea groups is 1. The number of aliphatic hydroxyl groups is 3. The number of phenolic OH excluding ortho intramolecular Hbond substituents is 1. The smallest absolute Gasteiger partial charge is 0.323 e. The van der Waals surface area contributed by atoms with E-state index in [1.165, 1.54) is 4.90 Å². The maximum atomic E-state index is 14.1. The number of carbonyl (C=O) groups excluding carboxylic acids is 4. The molecule has 5 rings (SSSR count). The molecule has 44 heavy (non-hydrogen) atoms. The monoisotopic (exact) mass is 605 g/mol. The van der Waals surface area contributed by atoms with Gasteiger partial charge < -0.3 is 41.7 Å². The number of rotatable bonds is 5. The van der Waals surface area contributed by atoms with E-state index in [1.54, 1.807) is 51.3 Å². The largest absolute Gasteiger partial charge is 0.508 e. The first kappa shape index (κ1) is 30.6. The molecule has 0 aromatic heterocycles. The van der Waals surface area contributed by atoms with Gasteiger partial charge in [-0.05, 0) is 63.5 Å². The molecule has 0 unspecified atom stereocenters. The number of aryl methyl sites for hydroxylation is 1. The fourth-order valence-corrected chi connectivity index (χ4v) is 6.71. The Morgan fingerprint density at radius 1 is 1.02 bits per heavy atom. The van der Waals surface area contributed by atoms with Gasteiger partial charge in [0.2, 0.25) is 5.78 Å². The van der Waals surface area contributed by atoms with Crippen molar-refractivity contribution in [2.45, 2.75) is 31.4 Å². The van der Waals surface area contributed by atoms with Crippen molar-refractivity contribution >= 4 is 46.3 Å². The summed E-state index contributed by atoms with van der Waals surface area (Å²) < 4.78 is 0. The van der Waals surface area contributed by atoms with Crippen LogP contribution in [0.25, 0.3) is 5.76 Å². The summed E-state index contributed by atoms with van der Waals surface area (Å²) in [6.07, 6.45) is 0.0871. The number of phenols is 1. The molecule has 0 saturated heterocycles. The minimum Gasteiger partial charge on any atom is -0.508 e. The number of nitrogens with two attached hydrogens (primary N) is 1. The van der Waals surface area contributed by atoms with Gasteiger partial charge in [0.25, 0.3) is 5.91 Å². The SMILES string of the molecule is Cc1ccc(NC(=O)Nc2cc(N(C)C)c3c(c2O)C(O)=C2C(=O)[C@]4(O)C(O)=C(C(N)=O)C(=O)[C@@H](N(C)C)[C@@H]4C[C@@H]2C3)cc1. The Labute approximate surface area is 253 Å². The van der Waals surface area contributed by atoms with E-state index in [0.717, 1.165) is 5.56 Å². The predicted octanol–water partition coefficient (Wildman–Crippen LogP) is 1.98. The molecule has 1 fully saturated rings. The molecule has 8 N–H and O–H groups in total. The van der Waals surface area contributed by atoms with Crippen molar-refractivity contribution in [1.29, 1.82) is 0 Å². The van der Waals surface area contributed by atoms with Crippen molar-refractivity contribution in [2.75, 3.05) is 43.7 Å². The highest BCUT2D eigenvalue weighted by molar-refractivity contribution is 6.24. The molecular formula is C31H35N5O8. The molecule has 1 saturated carbocycles. The van der Waals surface area contributed by atoms with Crippen LogP contribution in [0.5, 0.6) is 5.75 Å². The molecule has 0 bridgehead atoms. The van der Waals surface area contributed by atoms with Gasteiger partial charge in [0.1, 0.15) is 17.1 Å². The van der Waals surface area contributed by atoms with Crippen LogP contribution in [-0.4, -0.2) is 88.7 Å². The zero-order valence-corrected chi connectivity index (χ0v) is 24.9. The van der Waals surface area contributed by atoms with E-state index < -0.39 is 69.8 Å². The minimum absolute atomic E-state index is 0.0294. The molecule has 13 nitrogen and oxygen atoms in total. The van der Waals surface area contributed by atoms with Gasteiger partial charge >= 0.3 is 6.03 Å². The number of aromatic hydroxyl groups is 1. The molecule has 13 heteroatoms. The lowest BCUT2D eigenvalue weighted by atomic mass is 9.57. The number of anilines is 3. The van der Waals surface area contributed by atoms with E-state index in [4.69, 9.17) is 5.73 Å². The molecular weight excluding hydrogens is 570 g/mol. The number of Topliss-reactive ketones (excluding diaryl/α,β-unsaturated/α-hetero) is 2. The fraction of sp³-hybridized carbons (Fsp3) is 0.355. The van der Waals surface area contributed by atoms with Gasteiger partial charge in [-0.2, -0.15) is 0 Å². The number of aliphatic hydroxyl groups excluding tert-OH is 2. The van der Waals surface area contributed by atoms with E-state index in [-0.39, 0.29) is 29.7 Å². The van der Waals surface area contributed by atoms with Crippen LogP contribution < -0.4 is 21.3 Å². The highest BCUT2D eigenvalue weighted by atomic mass is 16.3. The summed E-state index contributed by atoms with van der Waals surface area (Å²) in [5, 5.41) is 51.0. The summed E-state index contributed by atoms with van der Waals surface area (Å²) in [6, 6.07) is 6.76. The number of ketones is 2. The number of carbonyl (C=O) groups is 4. The summed E-state index contributed by atoms with van der Waals surface area (Å²) in [7, 11) is 6.55. The number of nitrogens with one attached hydrogen (secondary N) is 2. The lowest BCUT2D eigenvalue weighted by Crippen LogP contribution is -2.65. The van der Waals surface area contributed by atoms with Crippen LogP contribution in [0.15, 0.2) is 47.2 Å². The van der Waals surface area contributed by atoms with Gasteiger partial charge in [0.15, 0.2) is 17.1 Å². The second kappa shape index (κ2) is 10.7. The van der Waals surface area contributed by atoms with Crippen molar-refractivity contribution in [3.05, 3.63) is 63.9 Å². The Morgan fingerprint density at radius 3 is 2.23 bits per heavy atom. The van der Waals surface area contributed by atoms with Crippen molar-refractivity contribution in [3.8, 4) is 5.75 Å². The standard InChI is InChI=1S/C31H35N5O8/c1-13-6-8-15(9-7-13)33-30(43)34-18-12-19(35(2)3)16-10-14-11-17-23(36(4)5)26(39)22(29(32)42)28(41)31(17,44)27(40)20(14)25(38)21(16)24(18)37/h6-9,12,14,17,23,37-38,41,44H,10-11H2,1-5H3,(H2,32,42)(H2,33,34,43)/t14-,17-,23-,31-/m0/s1. The first-order valence-electron chi connectivity index (χ1n) is 13.9. The third kappa shape index (κ3) is 4.55. The number of primary amides is 1. The number of hydrogen-bond donors (Lipinski definition) is 7. The van der Waals surface area contributed by atoms with Crippen LogP contribution in [0.2, 0.25) is 0 Å². The molecule has 0 heterocycles. The van der Waals surface area contributed by atoms with Gasteiger partial charge in [0.05, 0.1) is 17.3 Å². The Hall–Kier alpha value is -4.88. The maximum absolute atomic E-state index is 14.1. The third-order valence-corrected chi connectivity index (χ3v) is 8.74. The molecule has 3 aliphatic carbocycles. The molecule has 4 atom stereocenters. The van der Waals surface area contributed by atoms with Crippen LogP contribution in [0.4, 0.5) is 21.9 Å². The van der Waals surface area contributed by atoms with E-state index >= 15 is 0 Å². The van der Waals surface area contributed by atoms with Crippen molar-refractivity contribution < 1.29 is 39.6 Å². The number of benzene rings is 2. The second-order valence-electron chi connectivity index (χ2n) is 11.9. The lowest BCUT2D eigenvalue weighted by molar-refractivity contribution is -0.153. The summed E-state index contributed by atoms with van der Waals surface area (Å²) in [6.45, 7) is 1.90. The van der Waals surface area contributed by atoms with Crippen LogP contribution in [0.3, 0.4) is 0 Å². The van der Waals surface area contributed by atoms with Gasteiger partial charge in [-0.3, -0.25) is 19.3 Å². The van der Waals surface area contributed by atoms with Gasteiger partial charge in [-0.15, -0.1) is 0 Å². The number of likely N-dealkylation sites (N-methyl/N-ethyl adjacent to an activating group) is 1. The normalized spacial score (nSPS) is 24.5. The highest BCUT2D eigenvalue weighted by Crippen LogP contribution is 2.54. The van der Waals surface area contributed by atoms with E-state index in [2.05, 4.69) is 10.6 Å². The van der Waals surface area contributed by atoms with Gasteiger partial charge in [0, 0.05) is 37.0 Å². The van der Waals surface area contributed by atoms with Crippen LogP contribution in [0.1, 0.15) is 23.1 Å². The molecule has 0 spiro atoms. The molecule has 232 valence electrons. The summed E-state index contributed by atoms with van der Waals surface area (Å²) in [5.41, 5.74) is 3.81. The average molecular weight is 606 g/mol. The zero-order chi connectivity index (χ0) is 32.4. The Bertz CT molecular complexity index is 1680. The van der Waals surface area contributed by atoms with E-state index in [0.29, 0.717) is 16.9 Å². The molecule has 2 aromatic carbocycles. The molecule has 3 amide bonds.